The number of thiophene rings is 2. The summed E-state index contributed by atoms with van der Waals surface area (Å²) < 4.78 is 49.9. The Labute approximate surface area is 461 Å². The maximum atomic E-state index is 13.3. The zero-order valence-electron chi connectivity index (χ0n) is 39.9. The summed E-state index contributed by atoms with van der Waals surface area (Å²) in [6.07, 6.45) is -1.42. The molecule has 2 fully saturated rings. The SMILES string of the molecule is CS[C@H]1OC(c2ccc(Cl)c(Cc3ccc(-c4ccc(F)cc4)s3)c2)[C@H](C)[C@@H](OC(C)=O)[C@@H]1OC(C)=O.CS[C@H]1OC(c2ccc(Cl)c(Cc3ccc(-c4ccc(F)cc4)s3)c2)[C@H](O)[C@@H](O)[C@@H]1O.C[O-].[Na+]. The standard InChI is InChI=1S/C28H28ClFO5S2.C23H22ClFO4S2.CH3O.Na/c1-15-25(35-28(36-4)27(34-17(3)32)26(15)33-16(2)31)19-7-11-23(29)20(13-19)14-22-10-12-24(37-22)18-5-8-21(30)9-6-18;1-30-23-21(28)19(26)20(27)22(29-23)13-4-8-17(24)14(10-13)11-16-7-9-18(31-16)12-2-5-15(25)6-3-12;1-2;/h5-13,15,25-28H,14H2,1-4H3;2-10,19-23,26-28H,11H2,1H3;1H3;/q;;-1;+1/t15-,25?,26+,27-,28+;19-,20-,21+,22?,23-;;/m01../s1. The van der Waals surface area contributed by atoms with Crippen molar-refractivity contribution in [2.24, 2.45) is 5.92 Å². The molecule has 2 aliphatic rings. The number of carbonyl (C=O) groups is 2. The summed E-state index contributed by atoms with van der Waals surface area (Å²) in [5.41, 5.74) is 4.16. The van der Waals surface area contributed by atoms with E-state index < -0.39 is 65.5 Å². The first-order valence-corrected chi connectivity index (χ1v) is 26.9. The molecule has 3 N–H and O–H groups in total. The molecule has 6 aromatic rings. The van der Waals surface area contributed by atoms with Crippen LogP contribution in [0.3, 0.4) is 0 Å². The molecule has 0 aliphatic carbocycles. The van der Waals surface area contributed by atoms with Gasteiger partial charge in [0.2, 0.25) is 0 Å². The average molecular weight is 1100 g/mol. The molecule has 4 aromatic carbocycles. The number of carbonyl (C=O) groups excluding carboxylic acids is 2. The second-order valence-electron chi connectivity index (χ2n) is 16.4. The van der Waals surface area contributed by atoms with Gasteiger partial charge < -0.3 is 39.4 Å². The van der Waals surface area contributed by atoms with E-state index in [9.17, 15) is 33.7 Å². The molecule has 19 heteroatoms. The zero-order chi connectivity index (χ0) is 50.8. The van der Waals surface area contributed by atoms with Crippen LogP contribution in [0.2, 0.25) is 10.0 Å². The van der Waals surface area contributed by atoms with Gasteiger partial charge >= 0.3 is 41.5 Å². The van der Waals surface area contributed by atoms with Crippen LogP contribution in [0.15, 0.2) is 109 Å². The molecule has 10 atom stereocenters. The van der Waals surface area contributed by atoms with Gasteiger partial charge in [0.15, 0.2) is 6.10 Å². The molecule has 374 valence electrons. The number of aliphatic hydroxyl groups excluding tert-OH is 3. The molecule has 2 unspecified atom stereocenters. The average Bonchev–Trinajstić information content (AvgIpc) is 4.02. The molecular weight excluding hydrogens is 1040 g/mol. The van der Waals surface area contributed by atoms with Crippen LogP contribution in [0.4, 0.5) is 8.78 Å². The molecule has 2 saturated heterocycles. The Morgan fingerprint density at radius 3 is 1.48 bits per heavy atom. The van der Waals surface area contributed by atoms with Crippen molar-refractivity contribution in [3.05, 3.63) is 163 Å². The molecule has 0 radical (unpaired) electrons. The van der Waals surface area contributed by atoms with E-state index in [0.717, 1.165) is 54.4 Å². The van der Waals surface area contributed by atoms with Crippen LogP contribution in [0.1, 0.15) is 65.0 Å². The Morgan fingerprint density at radius 1 is 0.620 bits per heavy atom. The first-order chi connectivity index (χ1) is 33.5. The van der Waals surface area contributed by atoms with Crippen molar-refractivity contribution in [3.8, 4) is 20.9 Å². The third-order valence-corrected chi connectivity index (χ3v) is 16.3. The monoisotopic (exact) mass is 1100 g/mol. The molecular formula is C52H53Cl2F2NaO10S4. The van der Waals surface area contributed by atoms with Crippen molar-refractivity contribution >= 4 is 81.3 Å². The van der Waals surface area contributed by atoms with Crippen LogP contribution in [0, 0.1) is 17.6 Å². The van der Waals surface area contributed by atoms with Crippen molar-refractivity contribution in [1.29, 1.82) is 0 Å². The first kappa shape index (κ1) is 59.0. The molecule has 0 bridgehead atoms. The number of aliphatic hydroxyl groups is 3. The van der Waals surface area contributed by atoms with Crippen LogP contribution in [-0.2, 0) is 41.4 Å². The third-order valence-electron chi connectivity index (χ3n) is 11.6. The molecule has 0 amide bonds. The van der Waals surface area contributed by atoms with E-state index in [1.54, 1.807) is 65.3 Å². The molecule has 4 heterocycles. The summed E-state index contributed by atoms with van der Waals surface area (Å²) in [6.45, 7) is 4.60. The largest absolute Gasteiger partial charge is 1.00 e. The topological polar surface area (TPSA) is 155 Å². The van der Waals surface area contributed by atoms with E-state index in [4.69, 9.17) is 47.3 Å². The van der Waals surface area contributed by atoms with Gasteiger partial charge in [0.05, 0.1) is 6.10 Å². The van der Waals surface area contributed by atoms with Crippen LogP contribution in [-0.4, -0.2) is 88.3 Å². The summed E-state index contributed by atoms with van der Waals surface area (Å²) >= 11 is 18.9. The predicted molar refractivity (Wildman–Crippen MR) is 274 cm³/mol. The van der Waals surface area contributed by atoms with Gasteiger partial charge in [-0.05, 0) is 107 Å². The van der Waals surface area contributed by atoms with Gasteiger partial charge in [0.1, 0.15) is 53.0 Å². The number of benzene rings is 4. The van der Waals surface area contributed by atoms with Gasteiger partial charge in [0.25, 0.3) is 0 Å². The Balaban J connectivity index is 0.000000255. The minimum Gasteiger partial charge on any atom is -0.857 e. The van der Waals surface area contributed by atoms with Gasteiger partial charge in [0, 0.05) is 62.2 Å². The van der Waals surface area contributed by atoms with Crippen LogP contribution >= 0.6 is 69.4 Å². The molecule has 2 aromatic heterocycles. The number of thioether (sulfide) groups is 2. The second-order valence-corrected chi connectivity index (χ2v) is 21.4. The van der Waals surface area contributed by atoms with E-state index in [1.165, 1.54) is 61.6 Å². The van der Waals surface area contributed by atoms with E-state index in [-0.39, 0.29) is 47.1 Å². The van der Waals surface area contributed by atoms with Crippen LogP contribution in [0.5, 0.6) is 0 Å². The van der Waals surface area contributed by atoms with E-state index in [2.05, 4.69) is 6.07 Å². The zero-order valence-corrected chi connectivity index (χ0v) is 46.7. The summed E-state index contributed by atoms with van der Waals surface area (Å²) in [5.74, 6) is -1.71. The van der Waals surface area contributed by atoms with Crippen LogP contribution < -0.4 is 34.7 Å². The Kier molecular flexibility index (Phi) is 22.9. The van der Waals surface area contributed by atoms with Crippen LogP contribution in [0.25, 0.3) is 20.9 Å². The van der Waals surface area contributed by atoms with Crippen molar-refractivity contribution in [3.63, 3.8) is 0 Å². The number of hydrogen-bond acceptors (Lipinski definition) is 14. The number of rotatable bonds is 12. The third kappa shape index (κ3) is 15.1. The van der Waals surface area contributed by atoms with Crippen molar-refractivity contribution in [2.75, 3.05) is 19.6 Å². The predicted octanol–water partition coefficient (Wildman–Crippen LogP) is 7.68. The van der Waals surface area contributed by atoms with E-state index in [0.29, 0.717) is 28.5 Å². The summed E-state index contributed by atoms with van der Waals surface area (Å²) in [5, 5.41) is 40.3. The Morgan fingerprint density at radius 2 is 1.04 bits per heavy atom. The Hall–Kier alpha value is -2.88. The number of esters is 2. The molecule has 2 aliphatic heterocycles. The smallest absolute Gasteiger partial charge is 0.857 e. The minimum atomic E-state index is -1.30. The van der Waals surface area contributed by atoms with Crippen molar-refractivity contribution in [2.45, 2.75) is 87.2 Å². The fourth-order valence-corrected chi connectivity index (χ4v) is 12.0. The van der Waals surface area contributed by atoms with Gasteiger partial charge in [-0.1, -0.05) is 78.7 Å². The van der Waals surface area contributed by atoms with Crippen molar-refractivity contribution in [1.82, 2.24) is 0 Å². The number of ether oxygens (including phenoxy) is 4. The first-order valence-electron chi connectivity index (χ1n) is 21.9. The maximum Gasteiger partial charge on any atom is 1.00 e. The van der Waals surface area contributed by atoms with Gasteiger partial charge in [-0.25, -0.2) is 8.78 Å². The van der Waals surface area contributed by atoms with Crippen molar-refractivity contribution < 1.29 is 87.3 Å². The minimum absolute atomic E-state index is 0. The second kappa shape index (κ2) is 27.6. The maximum absolute atomic E-state index is 13.3. The molecule has 8 rings (SSSR count). The van der Waals surface area contributed by atoms with Gasteiger partial charge in [-0.2, -0.15) is 7.11 Å². The number of hydrogen-bond donors (Lipinski definition) is 3. The molecule has 0 saturated carbocycles. The van der Waals surface area contributed by atoms with E-state index >= 15 is 0 Å². The fourth-order valence-electron chi connectivity index (χ4n) is 8.22. The van der Waals surface area contributed by atoms with Gasteiger partial charge in [-0.15, -0.1) is 46.2 Å². The normalized spacial score (nSPS) is 23.7. The molecule has 71 heavy (non-hydrogen) atoms. The van der Waals surface area contributed by atoms with Gasteiger partial charge in [-0.3, -0.25) is 9.59 Å². The van der Waals surface area contributed by atoms with E-state index in [1.807, 2.05) is 55.6 Å². The summed E-state index contributed by atoms with van der Waals surface area (Å²) in [6, 6.07) is 32.1. The summed E-state index contributed by atoms with van der Waals surface area (Å²) in [7, 11) is 0.750. The quantitative estimate of drug-likeness (QED) is 0.0814. The summed E-state index contributed by atoms with van der Waals surface area (Å²) in [4.78, 5) is 28.0. The number of halogens is 4. The Bertz CT molecular complexity index is 2670. The fraction of sp³-hybridized carbons (Fsp3) is 0.346. The molecule has 10 nitrogen and oxygen atoms in total. The molecule has 0 spiro atoms.